The quantitative estimate of drug-likeness (QED) is 0.724. The van der Waals surface area contributed by atoms with Crippen molar-refractivity contribution >= 4 is 17.5 Å². The van der Waals surface area contributed by atoms with Crippen LogP contribution in [0.3, 0.4) is 0 Å². The van der Waals surface area contributed by atoms with Crippen molar-refractivity contribution in [1.29, 1.82) is 0 Å². The van der Waals surface area contributed by atoms with Crippen LogP contribution in [0.25, 0.3) is 0 Å². The highest BCUT2D eigenvalue weighted by atomic mass is 35.5. The first-order chi connectivity index (χ1) is 7.24. The summed E-state index contributed by atoms with van der Waals surface area (Å²) in [4.78, 5) is 11.5. The molecule has 1 fully saturated rings. The third kappa shape index (κ3) is 4.87. The minimum atomic E-state index is 0.161. The number of nitrogens with one attached hydrogen (secondary N) is 1. The molecule has 2 nitrogen and oxygen atoms in total. The summed E-state index contributed by atoms with van der Waals surface area (Å²) < 4.78 is 0. The highest BCUT2D eigenvalue weighted by molar-refractivity contribution is 6.17. The van der Waals surface area contributed by atoms with Gasteiger partial charge in [-0.3, -0.25) is 4.79 Å². The summed E-state index contributed by atoms with van der Waals surface area (Å²) >= 11 is 5.55. The first-order valence-corrected chi connectivity index (χ1v) is 6.63. The number of carbonyl (C=O) groups is 1. The Morgan fingerprint density at radius 3 is 2.67 bits per heavy atom. The topological polar surface area (TPSA) is 29.1 Å². The maximum Gasteiger partial charge on any atom is 0.220 e. The van der Waals surface area contributed by atoms with Gasteiger partial charge in [0.1, 0.15) is 0 Å². The number of amides is 1. The molecule has 15 heavy (non-hydrogen) atoms. The number of hydrogen-bond acceptors (Lipinski definition) is 1. The van der Waals surface area contributed by atoms with E-state index in [9.17, 15) is 4.79 Å². The van der Waals surface area contributed by atoms with Gasteiger partial charge in [0.15, 0.2) is 0 Å². The maximum atomic E-state index is 11.5. The van der Waals surface area contributed by atoms with E-state index in [0.29, 0.717) is 24.3 Å². The molecule has 3 heteroatoms. The summed E-state index contributed by atoms with van der Waals surface area (Å²) in [7, 11) is 0. The van der Waals surface area contributed by atoms with Crippen LogP contribution in [0.15, 0.2) is 0 Å². The Morgan fingerprint density at radius 1 is 1.40 bits per heavy atom. The van der Waals surface area contributed by atoms with E-state index in [1.54, 1.807) is 0 Å². The molecule has 1 N–H and O–H groups in total. The molecular weight excluding hydrogens is 210 g/mol. The number of hydrogen-bond donors (Lipinski definition) is 1. The van der Waals surface area contributed by atoms with Crippen LogP contribution in [0, 0.1) is 5.92 Å². The van der Waals surface area contributed by atoms with Crippen molar-refractivity contribution in [3.63, 3.8) is 0 Å². The van der Waals surface area contributed by atoms with Gasteiger partial charge in [0.2, 0.25) is 5.91 Å². The van der Waals surface area contributed by atoms with Crippen molar-refractivity contribution < 1.29 is 4.79 Å². The molecule has 88 valence electrons. The van der Waals surface area contributed by atoms with E-state index in [0.717, 1.165) is 6.42 Å². The minimum Gasteiger partial charge on any atom is -0.353 e. The molecule has 0 aliphatic heterocycles. The molecule has 0 radical (unpaired) electrons. The van der Waals surface area contributed by atoms with Crippen molar-refractivity contribution in [1.82, 2.24) is 5.32 Å². The smallest absolute Gasteiger partial charge is 0.220 e. The summed E-state index contributed by atoms with van der Waals surface area (Å²) in [5, 5.41) is 3.09. The van der Waals surface area contributed by atoms with E-state index >= 15 is 0 Å². The normalized spacial score (nSPS) is 19.9. The van der Waals surface area contributed by atoms with Gasteiger partial charge in [-0.15, -0.1) is 11.6 Å². The van der Waals surface area contributed by atoms with Gasteiger partial charge in [-0.1, -0.05) is 19.3 Å². The van der Waals surface area contributed by atoms with Crippen LogP contribution >= 0.6 is 11.6 Å². The zero-order valence-corrected chi connectivity index (χ0v) is 10.4. The number of rotatable bonds is 5. The van der Waals surface area contributed by atoms with E-state index in [1.165, 1.54) is 32.1 Å². The van der Waals surface area contributed by atoms with E-state index < -0.39 is 0 Å². The molecule has 0 saturated heterocycles. The Bertz CT molecular complexity index is 190. The van der Waals surface area contributed by atoms with Crippen LogP contribution in [0.4, 0.5) is 0 Å². The molecular formula is C12H22ClNO. The van der Waals surface area contributed by atoms with Crippen LogP contribution in [-0.2, 0) is 4.79 Å². The molecule has 1 rings (SSSR count). The number of halogens is 1. The average molecular weight is 232 g/mol. The Balaban J connectivity index is 2.21. The highest BCUT2D eigenvalue weighted by Gasteiger charge is 2.20. The second-order valence-corrected chi connectivity index (χ2v) is 4.92. The van der Waals surface area contributed by atoms with Gasteiger partial charge in [0.25, 0.3) is 0 Å². The first kappa shape index (κ1) is 12.8. The molecule has 1 amide bonds. The molecule has 0 aromatic heterocycles. The monoisotopic (exact) mass is 231 g/mol. The lowest BCUT2D eigenvalue weighted by molar-refractivity contribution is -0.122. The van der Waals surface area contributed by atoms with Crippen LogP contribution < -0.4 is 5.32 Å². The molecule has 0 aromatic carbocycles. The van der Waals surface area contributed by atoms with Crippen molar-refractivity contribution in [2.45, 2.75) is 57.9 Å². The van der Waals surface area contributed by atoms with Crippen LogP contribution in [0.5, 0.6) is 0 Å². The molecule has 1 aliphatic rings. The van der Waals surface area contributed by atoms with E-state index in [4.69, 9.17) is 11.6 Å². The Labute approximate surface area is 97.8 Å². The van der Waals surface area contributed by atoms with Crippen LogP contribution in [0.1, 0.15) is 51.9 Å². The predicted molar refractivity (Wildman–Crippen MR) is 64.1 cm³/mol. The molecule has 0 aromatic rings. The Kier molecular flexibility index (Phi) is 6.07. The molecule has 0 bridgehead atoms. The van der Waals surface area contributed by atoms with Gasteiger partial charge in [-0.25, -0.2) is 0 Å². The molecule has 1 saturated carbocycles. The highest BCUT2D eigenvalue weighted by Crippen LogP contribution is 2.26. The molecule has 1 unspecified atom stereocenters. The van der Waals surface area contributed by atoms with Gasteiger partial charge >= 0.3 is 0 Å². The fraction of sp³-hybridized carbons (Fsp3) is 0.917. The lowest BCUT2D eigenvalue weighted by atomic mass is 9.84. The second kappa shape index (κ2) is 7.10. The summed E-state index contributed by atoms with van der Waals surface area (Å²) in [6, 6.07) is 0.341. The predicted octanol–water partition coefficient (Wildman–Crippen LogP) is 3.09. The third-order valence-corrected chi connectivity index (χ3v) is 3.55. The Hall–Kier alpha value is -0.240. The maximum absolute atomic E-state index is 11.5. The van der Waals surface area contributed by atoms with Crippen molar-refractivity contribution in [2.75, 3.05) is 5.88 Å². The van der Waals surface area contributed by atoms with E-state index in [2.05, 4.69) is 12.2 Å². The van der Waals surface area contributed by atoms with Crippen molar-refractivity contribution in [2.24, 2.45) is 5.92 Å². The first-order valence-electron chi connectivity index (χ1n) is 6.09. The standard InChI is InChI=1S/C12H22ClNO/c1-10(11-6-3-2-4-7-11)14-12(15)8-5-9-13/h10-11H,2-9H2,1H3,(H,14,15). The van der Waals surface area contributed by atoms with Crippen molar-refractivity contribution in [3.05, 3.63) is 0 Å². The lowest BCUT2D eigenvalue weighted by Crippen LogP contribution is -2.38. The number of alkyl halides is 1. The fourth-order valence-corrected chi connectivity index (χ4v) is 2.44. The van der Waals surface area contributed by atoms with Gasteiger partial charge in [0.05, 0.1) is 0 Å². The van der Waals surface area contributed by atoms with Crippen molar-refractivity contribution in [3.8, 4) is 0 Å². The minimum absolute atomic E-state index is 0.161. The van der Waals surface area contributed by atoms with Gasteiger partial charge < -0.3 is 5.32 Å². The molecule has 1 atom stereocenters. The average Bonchev–Trinajstić information content (AvgIpc) is 2.27. The van der Waals surface area contributed by atoms with E-state index in [-0.39, 0.29) is 5.91 Å². The summed E-state index contributed by atoms with van der Waals surface area (Å²) in [6.07, 6.45) is 7.92. The summed E-state index contributed by atoms with van der Waals surface area (Å²) in [5.74, 6) is 1.43. The molecule has 0 heterocycles. The van der Waals surface area contributed by atoms with Gasteiger partial charge in [-0.05, 0) is 32.1 Å². The largest absolute Gasteiger partial charge is 0.353 e. The third-order valence-electron chi connectivity index (χ3n) is 3.28. The van der Waals surface area contributed by atoms with E-state index in [1.807, 2.05) is 0 Å². The molecule has 0 spiro atoms. The zero-order valence-electron chi connectivity index (χ0n) is 9.60. The lowest BCUT2D eigenvalue weighted by Gasteiger charge is -2.28. The van der Waals surface area contributed by atoms with Crippen LogP contribution in [0.2, 0.25) is 0 Å². The van der Waals surface area contributed by atoms with Gasteiger partial charge in [-0.2, -0.15) is 0 Å². The van der Waals surface area contributed by atoms with Crippen LogP contribution in [-0.4, -0.2) is 17.8 Å². The zero-order chi connectivity index (χ0) is 11.1. The van der Waals surface area contributed by atoms with Gasteiger partial charge in [0, 0.05) is 18.3 Å². The molecule has 1 aliphatic carbocycles. The summed E-state index contributed by atoms with van der Waals surface area (Å²) in [6.45, 7) is 2.13. The Morgan fingerprint density at radius 2 is 2.07 bits per heavy atom. The second-order valence-electron chi connectivity index (χ2n) is 4.55. The number of carbonyl (C=O) groups excluding carboxylic acids is 1. The summed E-state index contributed by atoms with van der Waals surface area (Å²) in [5.41, 5.74) is 0. The SMILES string of the molecule is CC(NC(=O)CCCCl)C1CCCCC1. The fourth-order valence-electron chi connectivity index (χ4n) is 2.31.